The van der Waals surface area contributed by atoms with Crippen molar-refractivity contribution in [1.29, 1.82) is 0 Å². The standard InChI is InChI=1S/C31H53F3O13/c32-31(33,34)29-3-1-2-4-30(29)47-28-27-46-26-25-45-24-23-44-22-21-43-20-19-42-18-17-41-16-15-40-14-13-39-12-11-38-10-9-37-8-7-36-6-5-35/h1-4,35H,5-28H2. The van der Waals surface area contributed by atoms with E-state index < -0.39 is 11.7 Å². The molecule has 1 aromatic rings. The average molecular weight is 691 g/mol. The van der Waals surface area contributed by atoms with E-state index in [0.717, 1.165) is 6.07 Å². The molecule has 0 fully saturated rings. The van der Waals surface area contributed by atoms with Gasteiger partial charge >= 0.3 is 6.18 Å². The van der Waals surface area contributed by atoms with Crippen LogP contribution in [0.15, 0.2) is 24.3 Å². The maximum absolute atomic E-state index is 12.9. The fourth-order valence-electron chi connectivity index (χ4n) is 3.40. The Morgan fingerprint density at radius 1 is 0.383 bits per heavy atom. The van der Waals surface area contributed by atoms with Gasteiger partial charge in [0.1, 0.15) is 12.4 Å². The summed E-state index contributed by atoms with van der Waals surface area (Å²) < 4.78 is 103. The van der Waals surface area contributed by atoms with Crippen LogP contribution in [0.1, 0.15) is 5.56 Å². The molecule has 0 aromatic heterocycles. The van der Waals surface area contributed by atoms with Crippen LogP contribution in [0, 0.1) is 0 Å². The zero-order valence-corrected chi connectivity index (χ0v) is 27.3. The van der Waals surface area contributed by atoms with E-state index >= 15 is 0 Å². The van der Waals surface area contributed by atoms with Gasteiger partial charge in [0, 0.05) is 0 Å². The van der Waals surface area contributed by atoms with Crippen molar-refractivity contribution in [2.45, 2.75) is 6.18 Å². The first-order valence-electron chi connectivity index (χ1n) is 15.8. The first kappa shape index (κ1) is 43.4. The molecular formula is C31H53F3O13. The normalized spacial score (nSPS) is 11.8. The molecule has 0 aliphatic rings. The van der Waals surface area contributed by atoms with Crippen molar-refractivity contribution in [3.05, 3.63) is 29.8 Å². The first-order valence-corrected chi connectivity index (χ1v) is 15.8. The van der Waals surface area contributed by atoms with Crippen LogP contribution in [0.3, 0.4) is 0 Å². The molecular weight excluding hydrogens is 637 g/mol. The minimum absolute atomic E-state index is 0.00456. The summed E-state index contributed by atoms with van der Waals surface area (Å²) in [6.45, 7) is 9.40. The third-order valence-electron chi connectivity index (χ3n) is 5.63. The number of aliphatic hydroxyl groups excluding tert-OH is 1. The highest BCUT2D eigenvalue weighted by Gasteiger charge is 2.33. The molecule has 0 saturated heterocycles. The van der Waals surface area contributed by atoms with E-state index in [-0.39, 0.29) is 25.6 Å². The molecule has 0 radical (unpaired) electrons. The van der Waals surface area contributed by atoms with Gasteiger partial charge in [0.25, 0.3) is 0 Å². The summed E-state index contributed by atoms with van der Waals surface area (Å²) in [7, 11) is 0. The number of rotatable bonds is 36. The molecule has 13 nitrogen and oxygen atoms in total. The summed E-state index contributed by atoms with van der Waals surface area (Å²) >= 11 is 0. The molecule has 47 heavy (non-hydrogen) atoms. The fraction of sp³-hybridized carbons (Fsp3) is 0.806. The highest BCUT2D eigenvalue weighted by atomic mass is 19.4. The summed E-state index contributed by atoms with van der Waals surface area (Å²) in [6, 6.07) is 5.07. The van der Waals surface area contributed by atoms with Gasteiger partial charge in [-0.15, -0.1) is 0 Å². The Hall–Kier alpha value is -1.67. The molecule has 0 spiro atoms. The van der Waals surface area contributed by atoms with Crippen molar-refractivity contribution in [3.63, 3.8) is 0 Å². The number of benzene rings is 1. The maximum Gasteiger partial charge on any atom is 0.419 e. The second kappa shape index (κ2) is 32.9. The predicted molar refractivity (Wildman–Crippen MR) is 163 cm³/mol. The van der Waals surface area contributed by atoms with Crippen molar-refractivity contribution < 1.29 is 75.1 Å². The van der Waals surface area contributed by atoms with Crippen LogP contribution in [-0.4, -0.2) is 164 Å². The van der Waals surface area contributed by atoms with Crippen LogP contribution in [0.5, 0.6) is 5.75 Å². The highest BCUT2D eigenvalue weighted by Crippen LogP contribution is 2.35. The Kier molecular flexibility index (Phi) is 30.3. The van der Waals surface area contributed by atoms with Crippen molar-refractivity contribution in [1.82, 2.24) is 0 Å². The maximum atomic E-state index is 12.9. The van der Waals surface area contributed by atoms with Crippen LogP contribution in [-0.2, 0) is 58.3 Å². The second-order valence-electron chi connectivity index (χ2n) is 9.30. The van der Waals surface area contributed by atoms with Crippen LogP contribution in [0.25, 0.3) is 0 Å². The Bertz CT molecular complexity index is 793. The number of para-hydroxylation sites is 1. The molecule has 1 rings (SSSR count). The van der Waals surface area contributed by atoms with E-state index in [9.17, 15) is 13.2 Å². The average Bonchev–Trinajstić information content (AvgIpc) is 3.06. The molecule has 276 valence electrons. The first-order chi connectivity index (χ1) is 23.1. The third-order valence-corrected chi connectivity index (χ3v) is 5.63. The SMILES string of the molecule is OCCOCCOCCOCCOCCOCCOCCOCCOCCOCCOCCOCCOc1ccccc1C(F)(F)F. The van der Waals surface area contributed by atoms with Crippen molar-refractivity contribution >= 4 is 0 Å². The summed E-state index contributed by atoms with van der Waals surface area (Å²) in [5.74, 6) is -0.215. The monoisotopic (exact) mass is 690 g/mol. The second-order valence-corrected chi connectivity index (χ2v) is 9.30. The predicted octanol–water partition coefficient (Wildman–Crippen LogP) is 2.26. The van der Waals surface area contributed by atoms with Crippen molar-refractivity contribution in [2.24, 2.45) is 0 Å². The number of hydrogen-bond acceptors (Lipinski definition) is 13. The Labute approximate surface area is 275 Å². The van der Waals surface area contributed by atoms with Gasteiger partial charge in [-0.2, -0.15) is 13.2 Å². The van der Waals surface area contributed by atoms with E-state index in [1.165, 1.54) is 18.2 Å². The lowest BCUT2D eigenvalue weighted by atomic mass is 10.2. The van der Waals surface area contributed by atoms with E-state index in [1.54, 1.807) is 0 Å². The molecule has 1 N–H and O–H groups in total. The summed E-state index contributed by atoms with van der Waals surface area (Å²) in [4.78, 5) is 0. The van der Waals surface area contributed by atoms with E-state index in [2.05, 4.69) is 0 Å². The number of alkyl halides is 3. The third kappa shape index (κ3) is 29.0. The molecule has 0 aliphatic heterocycles. The van der Waals surface area contributed by atoms with Gasteiger partial charge in [0.05, 0.1) is 158 Å². The Morgan fingerprint density at radius 2 is 0.638 bits per heavy atom. The molecule has 1 aromatic carbocycles. The molecule has 0 heterocycles. The van der Waals surface area contributed by atoms with Gasteiger partial charge in [0.15, 0.2) is 0 Å². The zero-order chi connectivity index (χ0) is 33.9. The minimum Gasteiger partial charge on any atom is -0.491 e. The van der Waals surface area contributed by atoms with Crippen LogP contribution in [0.2, 0.25) is 0 Å². The van der Waals surface area contributed by atoms with Gasteiger partial charge in [-0.05, 0) is 12.1 Å². The van der Waals surface area contributed by atoms with E-state index in [0.29, 0.717) is 139 Å². The zero-order valence-electron chi connectivity index (χ0n) is 27.3. The number of aliphatic hydroxyl groups is 1. The van der Waals surface area contributed by atoms with Crippen LogP contribution in [0.4, 0.5) is 13.2 Å². The smallest absolute Gasteiger partial charge is 0.419 e. The largest absolute Gasteiger partial charge is 0.491 e. The number of ether oxygens (including phenoxy) is 12. The summed E-state index contributed by atoms with van der Waals surface area (Å²) in [5.41, 5.74) is -0.808. The molecule has 0 aliphatic carbocycles. The summed E-state index contributed by atoms with van der Waals surface area (Å²) in [5, 5.41) is 8.57. The van der Waals surface area contributed by atoms with Gasteiger partial charge < -0.3 is 61.9 Å². The van der Waals surface area contributed by atoms with Gasteiger partial charge in [-0.1, -0.05) is 12.1 Å². The Morgan fingerprint density at radius 3 is 0.915 bits per heavy atom. The minimum atomic E-state index is -4.46. The van der Waals surface area contributed by atoms with Crippen molar-refractivity contribution in [3.8, 4) is 5.75 Å². The molecule has 0 unspecified atom stereocenters. The quantitative estimate of drug-likeness (QED) is 0.103. The lowest BCUT2D eigenvalue weighted by molar-refractivity contribution is -0.139. The molecule has 0 atom stereocenters. The molecule has 0 bridgehead atoms. The fourth-order valence-corrected chi connectivity index (χ4v) is 3.40. The molecule has 0 saturated carbocycles. The van der Waals surface area contributed by atoms with Crippen molar-refractivity contribution in [2.75, 3.05) is 159 Å². The van der Waals surface area contributed by atoms with Crippen LogP contribution < -0.4 is 4.74 Å². The van der Waals surface area contributed by atoms with E-state index in [4.69, 9.17) is 61.9 Å². The topological polar surface area (TPSA) is 131 Å². The Balaban J connectivity index is 1.68. The van der Waals surface area contributed by atoms with Crippen LogP contribution >= 0.6 is 0 Å². The van der Waals surface area contributed by atoms with Gasteiger partial charge in [0.2, 0.25) is 0 Å². The molecule has 16 heteroatoms. The molecule has 0 amide bonds. The van der Waals surface area contributed by atoms with E-state index in [1.807, 2.05) is 0 Å². The lowest BCUT2D eigenvalue weighted by Crippen LogP contribution is -2.16. The number of hydrogen-bond donors (Lipinski definition) is 1. The number of halogens is 3. The van der Waals surface area contributed by atoms with Gasteiger partial charge in [-0.3, -0.25) is 0 Å². The lowest BCUT2D eigenvalue weighted by Gasteiger charge is -2.13. The summed E-state index contributed by atoms with van der Waals surface area (Å²) in [6.07, 6.45) is -4.46. The highest BCUT2D eigenvalue weighted by molar-refractivity contribution is 5.35. The van der Waals surface area contributed by atoms with Gasteiger partial charge in [-0.25, -0.2) is 0 Å².